The van der Waals surface area contributed by atoms with Crippen molar-refractivity contribution in [3.05, 3.63) is 54.0 Å². The number of rotatable bonds is 8. The van der Waals surface area contributed by atoms with Crippen LogP contribution < -0.4 is 10.6 Å². The van der Waals surface area contributed by atoms with E-state index in [1.54, 1.807) is 25.4 Å². The van der Waals surface area contributed by atoms with Crippen molar-refractivity contribution in [2.75, 3.05) is 33.2 Å². The molecule has 27 heavy (non-hydrogen) atoms. The van der Waals surface area contributed by atoms with Crippen molar-refractivity contribution < 1.29 is 9.52 Å². The number of nitrogens with one attached hydrogen (secondary N) is 2. The van der Waals surface area contributed by atoms with E-state index in [1.165, 1.54) is 18.4 Å². The summed E-state index contributed by atoms with van der Waals surface area (Å²) in [6.07, 6.45) is 6.21. The highest BCUT2D eigenvalue weighted by Gasteiger charge is 2.25. The van der Waals surface area contributed by atoms with Crippen LogP contribution in [0.3, 0.4) is 0 Å². The Morgan fingerprint density at radius 3 is 2.63 bits per heavy atom. The van der Waals surface area contributed by atoms with Crippen molar-refractivity contribution in [2.45, 2.75) is 31.7 Å². The average molecular weight is 370 g/mol. The third kappa shape index (κ3) is 5.76. The molecule has 6 nitrogen and oxygen atoms in total. The number of furan rings is 1. The van der Waals surface area contributed by atoms with Gasteiger partial charge in [0.05, 0.1) is 12.3 Å². The summed E-state index contributed by atoms with van der Waals surface area (Å²) in [5.41, 5.74) is 1.23. The maximum Gasteiger partial charge on any atom is 0.191 e. The third-order valence-corrected chi connectivity index (χ3v) is 5.01. The molecule has 1 aromatic heterocycles. The lowest BCUT2D eigenvalue weighted by Gasteiger charge is -2.26. The van der Waals surface area contributed by atoms with Crippen LogP contribution in [0.4, 0.5) is 0 Å². The Balaban J connectivity index is 1.44. The molecule has 1 unspecified atom stereocenters. The minimum Gasteiger partial charge on any atom is -0.508 e. The Kier molecular flexibility index (Phi) is 7.16. The fraction of sp³-hybridized carbons (Fsp3) is 0.476. The molecule has 2 heterocycles. The van der Waals surface area contributed by atoms with Crippen molar-refractivity contribution in [3.63, 3.8) is 0 Å². The van der Waals surface area contributed by atoms with E-state index in [4.69, 9.17) is 4.42 Å². The van der Waals surface area contributed by atoms with E-state index in [9.17, 15) is 5.11 Å². The molecule has 1 aliphatic heterocycles. The van der Waals surface area contributed by atoms with E-state index in [0.29, 0.717) is 5.75 Å². The first-order valence-corrected chi connectivity index (χ1v) is 9.76. The Hall–Kier alpha value is -2.47. The van der Waals surface area contributed by atoms with Crippen molar-refractivity contribution in [1.29, 1.82) is 0 Å². The van der Waals surface area contributed by atoms with Gasteiger partial charge in [-0.25, -0.2) is 0 Å². The van der Waals surface area contributed by atoms with Gasteiger partial charge in [-0.2, -0.15) is 0 Å². The van der Waals surface area contributed by atoms with Crippen LogP contribution in [0.1, 0.15) is 36.6 Å². The van der Waals surface area contributed by atoms with E-state index < -0.39 is 0 Å². The minimum absolute atomic E-state index is 0.234. The van der Waals surface area contributed by atoms with Crippen LogP contribution >= 0.6 is 0 Å². The number of hydrogen-bond acceptors (Lipinski definition) is 4. The number of aryl methyl sites for hydroxylation is 1. The number of hydrogen-bond donors (Lipinski definition) is 3. The summed E-state index contributed by atoms with van der Waals surface area (Å²) in [6, 6.07) is 11.6. The predicted octanol–water partition coefficient (Wildman–Crippen LogP) is 2.92. The van der Waals surface area contributed by atoms with Gasteiger partial charge in [0.25, 0.3) is 0 Å². The molecular weight excluding hydrogens is 340 g/mol. The zero-order chi connectivity index (χ0) is 18.9. The molecule has 146 valence electrons. The molecule has 1 aliphatic rings. The summed E-state index contributed by atoms with van der Waals surface area (Å²) in [4.78, 5) is 6.81. The molecule has 0 bridgehead atoms. The van der Waals surface area contributed by atoms with Crippen LogP contribution in [0.15, 0.2) is 52.1 Å². The first-order valence-electron chi connectivity index (χ1n) is 9.76. The van der Waals surface area contributed by atoms with Gasteiger partial charge in [0.1, 0.15) is 11.5 Å². The second-order valence-corrected chi connectivity index (χ2v) is 6.92. The molecule has 2 aromatic rings. The SMILES string of the molecule is CN=C(NCCCc1ccc(O)cc1)NCC(c1ccco1)N1CCCC1. The van der Waals surface area contributed by atoms with Crippen LogP contribution in [0.25, 0.3) is 0 Å². The topological polar surface area (TPSA) is 73.0 Å². The zero-order valence-corrected chi connectivity index (χ0v) is 16.0. The summed E-state index contributed by atoms with van der Waals surface area (Å²) in [6.45, 7) is 3.85. The molecule has 3 N–H and O–H groups in total. The highest BCUT2D eigenvalue weighted by atomic mass is 16.3. The van der Waals surface area contributed by atoms with Gasteiger partial charge in [0.15, 0.2) is 5.96 Å². The molecular formula is C21H30N4O2. The van der Waals surface area contributed by atoms with Gasteiger partial charge in [-0.15, -0.1) is 0 Å². The standard InChI is InChI=1S/C21H30N4O2/c1-22-21(23-12-4-6-17-8-10-18(26)11-9-17)24-16-19(20-7-5-15-27-20)25-13-2-3-14-25/h5,7-11,15,19,26H,2-4,6,12-14,16H2,1H3,(H2,22,23,24). The highest BCUT2D eigenvalue weighted by molar-refractivity contribution is 5.79. The smallest absolute Gasteiger partial charge is 0.191 e. The Bertz CT molecular complexity index is 691. The maximum atomic E-state index is 9.34. The highest BCUT2D eigenvalue weighted by Crippen LogP contribution is 2.24. The molecule has 0 amide bonds. The third-order valence-electron chi connectivity index (χ3n) is 5.01. The van der Waals surface area contributed by atoms with Gasteiger partial charge < -0.3 is 20.2 Å². The second kappa shape index (κ2) is 10.0. The molecule has 1 aromatic carbocycles. The second-order valence-electron chi connectivity index (χ2n) is 6.92. The minimum atomic E-state index is 0.234. The summed E-state index contributed by atoms with van der Waals surface area (Å²) in [5, 5.41) is 16.2. The number of benzene rings is 1. The van der Waals surface area contributed by atoms with E-state index >= 15 is 0 Å². The lowest BCUT2D eigenvalue weighted by Crippen LogP contribution is -2.42. The van der Waals surface area contributed by atoms with Crippen molar-refractivity contribution in [2.24, 2.45) is 4.99 Å². The van der Waals surface area contributed by atoms with Crippen LogP contribution in [0.5, 0.6) is 5.75 Å². The molecule has 1 saturated heterocycles. The quantitative estimate of drug-likeness (QED) is 0.379. The molecule has 0 radical (unpaired) electrons. The molecule has 0 saturated carbocycles. The fourth-order valence-corrected chi connectivity index (χ4v) is 3.52. The van der Waals surface area contributed by atoms with Crippen LogP contribution in [0.2, 0.25) is 0 Å². The maximum absolute atomic E-state index is 9.34. The molecule has 1 atom stereocenters. The van der Waals surface area contributed by atoms with Crippen LogP contribution in [-0.2, 0) is 6.42 Å². The van der Waals surface area contributed by atoms with Crippen LogP contribution in [0, 0.1) is 0 Å². The largest absolute Gasteiger partial charge is 0.508 e. The monoisotopic (exact) mass is 370 g/mol. The van der Waals surface area contributed by atoms with E-state index in [0.717, 1.165) is 50.7 Å². The van der Waals surface area contributed by atoms with Gasteiger partial charge in [-0.05, 0) is 68.6 Å². The van der Waals surface area contributed by atoms with E-state index in [2.05, 4.69) is 26.6 Å². The predicted molar refractivity (Wildman–Crippen MR) is 108 cm³/mol. The van der Waals surface area contributed by atoms with Gasteiger partial charge >= 0.3 is 0 Å². The van der Waals surface area contributed by atoms with Gasteiger partial charge in [-0.1, -0.05) is 12.1 Å². The number of nitrogens with zero attached hydrogens (tertiary/aromatic N) is 2. The summed E-state index contributed by atoms with van der Waals surface area (Å²) < 4.78 is 5.67. The van der Waals surface area contributed by atoms with Gasteiger partial charge in [-0.3, -0.25) is 9.89 Å². The van der Waals surface area contributed by atoms with Crippen molar-refractivity contribution in [1.82, 2.24) is 15.5 Å². The zero-order valence-electron chi connectivity index (χ0n) is 16.0. The molecule has 0 aliphatic carbocycles. The number of phenols is 1. The summed E-state index contributed by atoms with van der Waals surface area (Å²) >= 11 is 0. The Morgan fingerprint density at radius 2 is 1.96 bits per heavy atom. The molecule has 1 fully saturated rings. The van der Waals surface area contributed by atoms with Crippen molar-refractivity contribution >= 4 is 5.96 Å². The molecule has 0 spiro atoms. The first-order chi connectivity index (χ1) is 13.3. The number of likely N-dealkylation sites (tertiary alicyclic amines) is 1. The summed E-state index contributed by atoms with van der Waals surface area (Å²) in [7, 11) is 1.80. The molecule has 6 heteroatoms. The van der Waals surface area contributed by atoms with Crippen molar-refractivity contribution in [3.8, 4) is 5.75 Å². The molecule has 3 rings (SSSR count). The number of guanidine groups is 1. The Labute approximate surface area is 161 Å². The van der Waals surface area contributed by atoms with E-state index in [1.807, 2.05) is 18.2 Å². The summed E-state index contributed by atoms with van der Waals surface area (Å²) in [5.74, 6) is 2.13. The first kappa shape index (κ1) is 19.3. The van der Waals surface area contributed by atoms with Gasteiger partial charge in [0.2, 0.25) is 0 Å². The lowest BCUT2D eigenvalue weighted by atomic mass is 10.1. The van der Waals surface area contributed by atoms with Gasteiger partial charge in [0, 0.05) is 20.1 Å². The normalized spacial score (nSPS) is 16.4. The fourth-order valence-electron chi connectivity index (χ4n) is 3.52. The number of aliphatic imine (C=N–C) groups is 1. The van der Waals surface area contributed by atoms with Crippen LogP contribution in [-0.4, -0.2) is 49.2 Å². The number of aromatic hydroxyl groups is 1. The average Bonchev–Trinajstić information content (AvgIpc) is 3.39. The number of phenolic OH excluding ortho intramolecular Hbond substituents is 1. The van der Waals surface area contributed by atoms with E-state index in [-0.39, 0.29) is 6.04 Å². The Morgan fingerprint density at radius 1 is 1.19 bits per heavy atom. The lowest BCUT2D eigenvalue weighted by molar-refractivity contribution is 0.215.